The Kier molecular flexibility index (Phi) is 4.17. The van der Waals surface area contributed by atoms with Gasteiger partial charge in [-0.05, 0) is 38.8 Å². The number of nitrogens with one attached hydrogen (secondary N) is 1. The van der Waals surface area contributed by atoms with Gasteiger partial charge in [0.25, 0.3) is 0 Å². The molecule has 0 aromatic carbocycles. The average molecular weight is 240 g/mol. The SMILES string of the molecule is CC1CN(C(=O)OC(C)(C)C)C[C@@H](C)C1C=N. The lowest BCUT2D eigenvalue weighted by Gasteiger charge is -2.40. The first-order chi connectivity index (χ1) is 7.74. The maximum atomic E-state index is 11.9. The number of hydrogen-bond acceptors (Lipinski definition) is 3. The van der Waals surface area contributed by atoms with Crippen LogP contribution in [0.5, 0.6) is 0 Å². The van der Waals surface area contributed by atoms with Gasteiger partial charge in [-0.15, -0.1) is 0 Å². The van der Waals surface area contributed by atoms with Gasteiger partial charge in [0.2, 0.25) is 0 Å². The van der Waals surface area contributed by atoms with Gasteiger partial charge in [0.05, 0.1) is 0 Å². The third-order valence-electron chi connectivity index (χ3n) is 3.18. The van der Waals surface area contributed by atoms with Crippen molar-refractivity contribution >= 4 is 12.3 Å². The Labute approximate surface area is 104 Å². The Balaban J connectivity index is 2.63. The number of ether oxygens (including phenoxy) is 1. The first kappa shape index (κ1) is 14.0. The van der Waals surface area contributed by atoms with E-state index in [1.54, 1.807) is 4.90 Å². The number of carbonyl (C=O) groups excluding carboxylic acids is 1. The third-order valence-corrected chi connectivity index (χ3v) is 3.18. The molecule has 0 spiro atoms. The topological polar surface area (TPSA) is 53.4 Å². The number of nitrogens with zero attached hydrogens (tertiary/aromatic N) is 1. The Morgan fingerprint density at radius 1 is 1.29 bits per heavy atom. The summed E-state index contributed by atoms with van der Waals surface area (Å²) in [5, 5.41) is 7.42. The van der Waals surface area contributed by atoms with Crippen molar-refractivity contribution in [3.8, 4) is 0 Å². The minimum atomic E-state index is -0.443. The van der Waals surface area contributed by atoms with Crippen molar-refractivity contribution in [3.05, 3.63) is 0 Å². The molecule has 0 saturated carbocycles. The van der Waals surface area contributed by atoms with E-state index in [0.29, 0.717) is 24.9 Å². The van der Waals surface area contributed by atoms with Crippen LogP contribution >= 0.6 is 0 Å². The van der Waals surface area contributed by atoms with Crippen LogP contribution in [0.1, 0.15) is 34.6 Å². The molecule has 0 bridgehead atoms. The van der Waals surface area contributed by atoms with Crippen molar-refractivity contribution in [2.75, 3.05) is 13.1 Å². The van der Waals surface area contributed by atoms with Gasteiger partial charge in [-0.1, -0.05) is 13.8 Å². The molecule has 1 rings (SSSR count). The van der Waals surface area contributed by atoms with Crippen LogP contribution in [0.2, 0.25) is 0 Å². The van der Waals surface area contributed by atoms with E-state index in [0.717, 1.165) is 0 Å². The summed E-state index contributed by atoms with van der Waals surface area (Å²) in [5.41, 5.74) is -0.443. The van der Waals surface area contributed by atoms with Gasteiger partial charge in [-0.25, -0.2) is 4.79 Å². The highest BCUT2D eigenvalue weighted by atomic mass is 16.6. The van der Waals surface area contributed by atoms with E-state index in [-0.39, 0.29) is 12.0 Å². The zero-order valence-electron chi connectivity index (χ0n) is 11.5. The largest absolute Gasteiger partial charge is 0.444 e. The van der Waals surface area contributed by atoms with Crippen molar-refractivity contribution in [1.82, 2.24) is 4.90 Å². The molecule has 1 aliphatic heterocycles. The molecule has 2 unspecified atom stereocenters. The molecule has 17 heavy (non-hydrogen) atoms. The molecule has 1 fully saturated rings. The van der Waals surface area contributed by atoms with Crippen LogP contribution in [0.25, 0.3) is 0 Å². The standard InChI is InChI=1S/C13H24N2O2/c1-9-7-15(8-10(2)11(9)6-14)12(16)17-13(3,4)5/h6,9-11,14H,7-8H2,1-5H3/t9-,10?,11?/m1/s1. The average Bonchev–Trinajstić information content (AvgIpc) is 2.14. The van der Waals surface area contributed by atoms with E-state index in [2.05, 4.69) is 13.8 Å². The van der Waals surface area contributed by atoms with Crippen LogP contribution in [0.4, 0.5) is 4.79 Å². The summed E-state index contributed by atoms with van der Waals surface area (Å²) in [7, 11) is 0. The molecule has 1 N–H and O–H groups in total. The van der Waals surface area contributed by atoms with Crippen LogP contribution in [0.3, 0.4) is 0 Å². The maximum Gasteiger partial charge on any atom is 0.410 e. The Morgan fingerprint density at radius 3 is 2.12 bits per heavy atom. The number of hydrogen-bond donors (Lipinski definition) is 1. The molecule has 1 aliphatic rings. The molecule has 98 valence electrons. The van der Waals surface area contributed by atoms with Crippen molar-refractivity contribution in [2.45, 2.75) is 40.2 Å². The van der Waals surface area contributed by atoms with Gasteiger partial charge in [0.1, 0.15) is 5.60 Å². The third kappa shape index (κ3) is 3.72. The van der Waals surface area contributed by atoms with E-state index in [1.807, 2.05) is 20.8 Å². The predicted molar refractivity (Wildman–Crippen MR) is 68.4 cm³/mol. The number of rotatable bonds is 1. The van der Waals surface area contributed by atoms with E-state index in [4.69, 9.17) is 10.1 Å². The van der Waals surface area contributed by atoms with Crippen molar-refractivity contribution in [3.63, 3.8) is 0 Å². The number of likely N-dealkylation sites (tertiary alicyclic amines) is 1. The first-order valence-corrected chi connectivity index (χ1v) is 6.23. The Morgan fingerprint density at radius 2 is 1.76 bits per heavy atom. The molecule has 0 aromatic rings. The summed E-state index contributed by atoms with van der Waals surface area (Å²) < 4.78 is 5.37. The molecule has 1 amide bonds. The summed E-state index contributed by atoms with van der Waals surface area (Å²) in [4.78, 5) is 13.7. The zero-order chi connectivity index (χ0) is 13.2. The summed E-state index contributed by atoms with van der Waals surface area (Å²) in [6, 6.07) is 0. The Bertz CT molecular complexity index is 284. The van der Waals surface area contributed by atoms with Gasteiger partial charge in [-0.3, -0.25) is 0 Å². The Hall–Kier alpha value is -1.06. The fraction of sp³-hybridized carbons (Fsp3) is 0.846. The second-order valence-corrected chi connectivity index (χ2v) is 6.08. The normalized spacial score (nSPS) is 29.9. The second-order valence-electron chi connectivity index (χ2n) is 6.08. The molecule has 1 saturated heterocycles. The fourth-order valence-corrected chi connectivity index (χ4v) is 2.38. The molecule has 1 heterocycles. The van der Waals surface area contributed by atoms with Crippen LogP contribution in [0, 0.1) is 23.2 Å². The van der Waals surface area contributed by atoms with Gasteiger partial charge in [0.15, 0.2) is 0 Å². The second kappa shape index (κ2) is 5.07. The molecular weight excluding hydrogens is 216 g/mol. The first-order valence-electron chi connectivity index (χ1n) is 6.23. The molecule has 0 radical (unpaired) electrons. The summed E-state index contributed by atoms with van der Waals surface area (Å²) in [6.07, 6.45) is 1.28. The molecule has 4 nitrogen and oxygen atoms in total. The van der Waals surface area contributed by atoms with Crippen LogP contribution < -0.4 is 0 Å². The van der Waals surface area contributed by atoms with E-state index >= 15 is 0 Å². The fourth-order valence-electron chi connectivity index (χ4n) is 2.38. The minimum Gasteiger partial charge on any atom is -0.444 e. The predicted octanol–water partition coefficient (Wildman–Crippen LogP) is 2.78. The van der Waals surface area contributed by atoms with Crippen LogP contribution in [0.15, 0.2) is 0 Å². The highest BCUT2D eigenvalue weighted by molar-refractivity contribution is 5.69. The van der Waals surface area contributed by atoms with Gasteiger partial charge in [0, 0.05) is 19.0 Å². The number of amides is 1. The van der Waals surface area contributed by atoms with Crippen LogP contribution in [-0.2, 0) is 4.74 Å². The molecule has 0 aromatic heterocycles. The van der Waals surface area contributed by atoms with E-state index < -0.39 is 5.60 Å². The van der Waals surface area contributed by atoms with Gasteiger partial charge < -0.3 is 15.0 Å². The van der Waals surface area contributed by atoms with Crippen molar-refractivity contribution < 1.29 is 9.53 Å². The number of carbonyl (C=O) groups is 1. The maximum absolute atomic E-state index is 11.9. The monoisotopic (exact) mass is 240 g/mol. The van der Waals surface area contributed by atoms with E-state index in [1.165, 1.54) is 6.21 Å². The lowest BCUT2D eigenvalue weighted by Crippen LogP contribution is -2.49. The lowest BCUT2D eigenvalue weighted by atomic mass is 9.80. The summed E-state index contributed by atoms with van der Waals surface area (Å²) in [6.45, 7) is 11.2. The summed E-state index contributed by atoms with van der Waals surface area (Å²) in [5.74, 6) is 0.918. The molecule has 0 aliphatic carbocycles. The lowest BCUT2D eigenvalue weighted by molar-refractivity contribution is 0.00796. The molecular formula is C13H24N2O2. The zero-order valence-corrected chi connectivity index (χ0v) is 11.5. The van der Waals surface area contributed by atoms with Crippen LogP contribution in [-0.4, -0.2) is 35.9 Å². The van der Waals surface area contributed by atoms with Crippen molar-refractivity contribution in [1.29, 1.82) is 5.41 Å². The highest BCUT2D eigenvalue weighted by Crippen LogP contribution is 2.27. The molecule has 3 atom stereocenters. The van der Waals surface area contributed by atoms with Gasteiger partial charge >= 0.3 is 6.09 Å². The van der Waals surface area contributed by atoms with E-state index in [9.17, 15) is 4.79 Å². The smallest absolute Gasteiger partial charge is 0.410 e. The highest BCUT2D eigenvalue weighted by Gasteiger charge is 2.34. The van der Waals surface area contributed by atoms with Crippen molar-refractivity contribution in [2.24, 2.45) is 17.8 Å². The quantitative estimate of drug-likeness (QED) is 0.716. The minimum absolute atomic E-state index is 0.236. The summed E-state index contributed by atoms with van der Waals surface area (Å²) >= 11 is 0. The molecule has 4 heteroatoms. The number of piperidine rings is 1. The van der Waals surface area contributed by atoms with Gasteiger partial charge in [-0.2, -0.15) is 0 Å².